The van der Waals surface area contributed by atoms with Gasteiger partial charge in [-0.3, -0.25) is 19.2 Å². The Morgan fingerprint density at radius 2 is 1.89 bits per heavy atom. The first-order valence-corrected chi connectivity index (χ1v) is 9.64. The Morgan fingerprint density at radius 3 is 2.57 bits per heavy atom. The molecule has 0 unspecified atom stereocenters. The summed E-state index contributed by atoms with van der Waals surface area (Å²) < 4.78 is 1.73. The van der Waals surface area contributed by atoms with Crippen molar-refractivity contribution in [1.29, 1.82) is 0 Å². The summed E-state index contributed by atoms with van der Waals surface area (Å²) in [6.45, 7) is 5.55. The number of hydrogen-bond donors (Lipinski definition) is 0. The minimum atomic E-state index is -0.00640. The van der Waals surface area contributed by atoms with Gasteiger partial charge in [0.1, 0.15) is 5.82 Å². The Labute approximate surface area is 164 Å². The molecule has 0 bridgehead atoms. The minimum Gasteiger partial charge on any atom is -0.299 e. The van der Waals surface area contributed by atoms with Gasteiger partial charge in [-0.05, 0) is 50.9 Å². The van der Waals surface area contributed by atoms with Gasteiger partial charge in [0, 0.05) is 55.1 Å². The van der Waals surface area contributed by atoms with E-state index >= 15 is 0 Å². The van der Waals surface area contributed by atoms with Crippen LogP contribution >= 0.6 is 0 Å². The van der Waals surface area contributed by atoms with Gasteiger partial charge in [0.05, 0.1) is 12.0 Å². The molecule has 28 heavy (non-hydrogen) atoms. The number of pyridine rings is 1. The number of piperidine rings is 1. The summed E-state index contributed by atoms with van der Waals surface area (Å²) in [4.78, 5) is 32.0. The molecule has 3 aromatic heterocycles. The lowest BCUT2D eigenvalue weighted by Gasteiger charge is -2.32. The molecule has 0 radical (unpaired) electrons. The summed E-state index contributed by atoms with van der Waals surface area (Å²) in [7, 11) is 0. The van der Waals surface area contributed by atoms with E-state index in [1.165, 1.54) is 0 Å². The van der Waals surface area contributed by atoms with Crippen molar-refractivity contribution in [3.05, 3.63) is 71.1 Å². The topological polar surface area (TPSA) is 76.8 Å². The molecule has 0 N–H and O–H groups in total. The van der Waals surface area contributed by atoms with Crippen molar-refractivity contribution in [3.8, 4) is 11.3 Å². The van der Waals surface area contributed by atoms with Gasteiger partial charge in [0.15, 0.2) is 0 Å². The number of aryl methyl sites for hydroxylation is 1. The number of aromatic nitrogens is 5. The number of rotatable bonds is 5. The predicted molar refractivity (Wildman–Crippen MR) is 106 cm³/mol. The van der Waals surface area contributed by atoms with E-state index in [9.17, 15) is 4.79 Å². The first kappa shape index (κ1) is 18.4. The lowest BCUT2D eigenvalue weighted by molar-refractivity contribution is 0.166. The predicted octanol–water partition coefficient (Wildman–Crippen LogP) is 2.32. The summed E-state index contributed by atoms with van der Waals surface area (Å²) >= 11 is 0. The van der Waals surface area contributed by atoms with Crippen LogP contribution in [0.15, 0.2) is 54.1 Å². The average molecular weight is 376 g/mol. The van der Waals surface area contributed by atoms with Crippen LogP contribution in [0.25, 0.3) is 11.3 Å². The second-order valence-electron chi connectivity index (χ2n) is 7.36. The maximum atomic E-state index is 12.5. The van der Waals surface area contributed by atoms with Crippen molar-refractivity contribution in [2.24, 2.45) is 5.92 Å². The van der Waals surface area contributed by atoms with Crippen molar-refractivity contribution < 1.29 is 0 Å². The molecule has 3 aromatic rings. The first-order valence-electron chi connectivity index (χ1n) is 9.64. The molecular formula is C21H24N6O. The molecule has 0 atom stereocenters. The number of hydrogen-bond acceptors (Lipinski definition) is 6. The lowest BCUT2D eigenvalue weighted by Crippen LogP contribution is -2.36. The Bertz CT molecular complexity index is 962. The first-order chi connectivity index (χ1) is 13.7. The van der Waals surface area contributed by atoms with Gasteiger partial charge in [-0.25, -0.2) is 15.0 Å². The largest absolute Gasteiger partial charge is 0.299 e. The molecular weight excluding hydrogens is 352 g/mol. The fraction of sp³-hybridized carbons (Fsp3) is 0.381. The second kappa shape index (κ2) is 8.39. The molecule has 7 heteroatoms. The molecule has 0 saturated carbocycles. The SMILES string of the molecule is Cc1ncc(CN2CCC(Cn3cnc(-c4cccnc4)cc3=O)CC2)cn1. The van der Waals surface area contributed by atoms with Crippen molar-refractivity contribution in [2.45, 2.75) is 32.9 Å². The Morgan fingerprint density at radius 1 is 1.11 bits per heavy atom. The zero-order chi connectivity index (χ0) is 19.3. The standard InChI is InChI=1S/C21H24N6O/c1-16-23-10-18(11-24-16)13-26-7-4-17(5-8-26)14-27-15-25-20(9-21(27)28)19-3-2-6-22-12-19/h2-3,6,9-12,15,17H,4-5,7-8,13-14H2,1H3. The van der Waals surface area contributed by atoms with Crippen LogP contribution in [-0.2, 0) is 13.1 Å². The maximum absolute atomic E-state index is 12.5. The third-order valence-corrected chi connectivity index (χ3v) is 5.24. The number of nitrogens with zero attached hydrogens (tertiary/aromatic N) is 6. The summed E-state index contributed by atoms with van der Waals surface area (Å²) in [6, 6.07) is 5.36. The summed E-state index contributed by atoms with van der Waals surface area (Å²) in [5.41, 5.74) is 2.67. The van der Waals surface area contributed by atoms with Crippen LogP contribution in [0.2, 0.25) is 0 Å². The molecule has 0 aliphatic carbocycles. The molecule has 0 spiro atoms. The highest BCUT2D eigenvalue weighted by atomic mass is 16.1. The van der Waals surface area contributed by atoms with Crippen LogP contribution in [0.4, 0.5) is 0 Å². The molecule has 0 amide bonds. The van der Waals surface area contributed by atoms with Crippen LogP contribution in [0, 0.1) is 12.8 Å². The summed E-state index contributed by atoms with van der Waals surface area (Å²) in [5.74, 6) is 1.30. The van der Waals surface area contributed by atoms with Gasteiger partial charge in [0.25, 0.3) is 5.56 Å². The van der Waals surface area contributed by atoms with Crippen molar-refractivity contribution in [1.82, 2.24) is 29.4 Å². The molecule has 7 nitrogen and oxygen atoms in total. The number of likely N-dealkylation sites (tertiary alicyclic amines) is 1. The molecule has 1 aliphatic heterocycles. The molecule has 4 rings (SSSR count). The Balaban J connectivity index is 1.33. The van der Waals surface area contributed by atoms with E-state index in [1.807, 2.05) is 31.5 Å². The van der Waals surface area contributed by atoms with Crippen LogP contribution in [0.5, 0.6) is 0 Å². The van der Waals surface area contributed by atoms with Gasteiger partial charge in [-0.1, -0.05) is 0 Å². The van der Waals surface area contributed by atoms with Crippen LogP contribution in [0.3, 0.4) is 0 Å². The van der Waals surface area contributed by atoms with Crippen molar-refractivity contribution in [3.63, 3.8) is 0 Å². The van der Waals surface area contributed by atoms with Gasteiger partial charge < -0.3 is 0 Å². The van der Waals surface area contributed by atoms with Gasteiger partial charge in [-0.2, -0.15) is 0 Å². The fourth-order valence-electron chi connectivity index (χ4n) is 3.60. The molecule has 4 heterocycles. The van der Waals surface area contributed by atoms with E-state index in [0.717, 1.165) is 56.0 Å². The zero-order valence-corrected chi connectivity index (χ0v) is 16.0. The van der Waals surface area contributed by atoms with Crippen LogP contribution in [0.1, 0.15) is 24.2 Å². The smallest absolute Gasteiger partial charge is 0.253 e. The quantitative estimate of drug-likeness (QED) is 0.680. The highest BCUT2D eigenvalue weighted by Gasteiger charge is 2.20. The van der Waals surface area contributed by atoms with E-state index < -0.39 is 0 Å². The minimum absolute atomic E-state index is 0.00640. The third kappa shape index (κ3) is 4.48. The van der Waals surface area contributed by atoms with Crippen molar-refractivity contribution in [2.75, 3.05) is 13.1 Å². The second-order valence-corrected chi connectivity index (χ2v) is 7.36. The van der Waals surface area contributed by atoms with E-state index in [4.69, 9.17) is 0 Å². The molecule has 0 aromatic carbocycles. The van der Waals surface area contributed by atoms with Gasteiger partial charge >= 0.3 is 0 Å². The molecule has 1 saturated heterocycles. The van der Waals surface area contributed by atoms with E-state index in [-0.39, 0.29) is 5.56 Å². The highest BCUT2D eigenvalue weighted by molar-refractivity contribution is 5.56. The summed E-state index contributed by atoms with van der Waals surface area (Å²) in [5, 5.41) is 0. The van der Waals surface area contributed by atoms with Gasteiger partial charge in [0.2, 0.25) is 0 Å². The van der Waals surface area contributed by atoms with Crippen LogP contribution < -0.4 is 5.56 Å². The molecule has 1 aliphatic rings. The van der Waals surface area contributed by atoms with E-state index in [1.54, 1.807) is 29.4 Å². The summed E-state index contributed by atoms with van der Waals surface area (Å²) in [6.07, 6.45) is 11.1. The maximum Gasteiger partial charge on any atom is 0.253 e. The molecule has 144 valence electrons. The van der Waals surface area contributed by atoms with Crippen molar-refractivity contribution >= 4 is 0 Å². The van der Waals surface area contributed by atoms with Gasteiger partial charge in [-0.15, -0.1) is 0 Å². The normalized spacial score (nSPS) is 15.6. The lowest BCUT2D eigenvalue weighted by atomic mass is 9.96. The van der Waals surface area contributed by atoms with E-state index in [2.05, 4.69) is 24.8 Å². The fourth-order valence-corrected chi connectivity index (χ4v) is 3.60. The Hall–Kier alpha value is -2.93. The third-order valence-electron chi connectivity index (χ3n) is 5.24. The molecule has 1 fully saturated rings. The zero-order valence-electron chi connectivity index (χ0n) is 16.0. The Kier molecular flexibility index (Phi) is 5.53. The monoisotopic (exact) mass is 376 g/mol. The average Bonchev–Trinajstić information content (AvgIpc) is 2.73. The van der Waals surface area contributed by atoms with Crippen LogP contribution in [-0.4, -0.2) is 42.5 Å². The highest BCUT2D eigenvalue weighted by Crippen LogP contribution is 2.20. The van der Waals surface area contributed by atoms with E-state index in [0.29, 0.717) is 11.6 Å².